The molecule has 0 aromatic heterocycles. The van der Waals surface area contributed by atoms with Crippen LogP contribution >= 0.6 is 0 Å². The Morgan fingerprint density at radius 2 is 1.52 bits per heavy atom. The first-order valence-electron chi connectivity index (χ1n) is 7.79. The summed E-state index contributed by atoms with van der Waals surface area (Å²) in [6.07, 6.45) is 5.36. The topological polar surface area (TPSA) is 71.5 Å². The number of hydrogen-bond donors (Lipinski definition) is 0. The number of benzene rings is 1. The molecule has 1 aliphatic carbocycles. The molecule has 2 amide bonds. The van der Waals surface area contributed by atoms with Crippen LogP contribution < -0.4 is 0 Å². The second-order valence-electron chi connectivity index (χ2n) is 5.97. The third-order valence-corrected chi connectivity index (χ3v) is 6.31. The molecule has 1 aromatic carbocycles. The van der Waals surface area contributed by atoms with Crippen LogP contribution in [0, 0.1) is 11.8 Å². The lowest BCUT2D eigenvalue weighted by atomic mass is 9.85. The molecule has 122 valence electrons. The predicted molar refractivity (Wildman–Crippen MR) is 85.2 cm³/mol. The molecule has 1 heterocycles. The van der Waals surface area contributed by atoms with Gasteiger partial charge in [-0.15, -0.1) is 0 Å². The van der Waals surface area contributed by atoms with Crippen molar-refractivity contribution in [2.24, 2.45) is 11.8 Å². The van der Waals surface area contributed by atoms with Crippen LogP contribution in [0.2, 0.25) is 0 Å². The van der Waals surface area contributed by atoms with Gasteiger partial charge in [-0.2, -0.15) is 0 Å². The summed E-state index contributed by atoms with van der Waals surface area (Å²) in [5.41, 5.74) is 0. The van der Waals surface area contributed by atoms with Gasteiger partial charge in [0.25, 0.3) is 0 Å². The van der Waals surface area contributed by atoms with Crippen LogP contribution in [-0.4, -0.2) is 37.4 Å². The van der Waals surface area contributed by atoms with Crippen molar-refractivity contribution in [3.8, 4) is 0 Å². The predicted octanol–water partition coefficient (Wildman–Crippen LogP) is 1.80. The summed E-state index contributed by atoms with van der Waals surface area (Å²) in [7, 11) is -3.37. The van der Waals surface area contributed by atoms with Crippen LogP contribution in [0.25, 0.3) is 0 Å². The lowest BCUT2D eigenvalue weighted by Gasteiger charge is -2.14. The minimum absolute atomic E-state index is 0.0678. The number of imide groups is 1. The lowest BCUT2D eigenvalue weighted by Crippen LogP contribution is -2.33. The van der Waals surface area contributed by atoms with Crippen molar-refractivity contribution in [1.82, 2.24) is 4.90 Å². The van der Waals surface area contributed by atoms with Gasteiger partial charge in [-0.3, -0.25) is 14.5 Å². The zero-order valence-electron chi connectivity index (χ0n) is 12.7. The van der Waals surface area contributed by atoms with Crippen molar-refractivity contribution in [3.63, 3.8) is 0 Å². The molecule has 3 rings (SSSR count). The minimum atomic E-state index is -3.37. The standard InChI is InChI=1S/C17H19NO4S/c19-16-14-9-4-5-10-15(14)17(20)18(16)11-6-12-23(21,22)13-7-2-1-3-8-13/h1-5,7-8,14-15H,6,9-12H2/t14-,15-/m0/s1. The van der Waals surface area contributed by atoms with Crippen LogP contribution in [0.4, 0.5) is 0 Å². The highest BCUT2D eigenvalue weighted by Crippen LogP contribution is 2.35. The van der Waals surface area contributed by atoms with Crippen molar-refractivity contribution < 1.29 is 18.0 Å². The summed E-state index contributed by atoms with van der Waals surface area (Å²) in [6.45, 7) is 0.177. The molecule has 0 bridgehead atoms. The monoisotopic (exact) mass is 333 g/mol. The summed E-state index contributed by atoms with van der Waals surface area (Å²) in [4.78, 5) is 26.1. The van der Waals surface area contributed by atoms with Gasteiger partial charge in [0.1, 0.15) is 0 Å². The summed E-state index contributed by atoms with van der Waals surface area (Å²) < 4.78 is 24.4. The molecule has 0 N–H and O–H groups in total. The van der Waals surface area contributed by atoms with Gasteiger partial charge in [0.05, 0.1) is 22.5 Å². The normalized spacial score (nSPS) is 24.1. The Kier molecular flexibility index (Phi) is 4.35. The van der Waals surface area contributed by atoms with E-state index >= 15 is 0 Å². The van der Waals surface area contributed by atoms with Crippen LogP contribution in [0.1, 0.15) is 19.3 Å². The first-order chi connectivity index (χ1) is 11.0. The third kappa shape index (κ3) is 3.08. The molecule has 2 atom stereocenters. The first kappa shape index (κ1) is 15.9. The number of allylic oxidation sites excluding steroid dienone is 2. The van der Waals surface area contributed by atoms with Gasteiger partial charge < -0.3 is 0 Å². The number of likely N-dealkylation sites (tertiary alicyclic amines) is 1. The molecule has 0 radical (unpaired) electrons. The van der Waals surface area contributed by atoms with E-state index in [9.17, 15) is 18.0 Å². The molecule has 0 saturated carbocycles. The maximum absolute atomic E-state index is 12.3. The largest absolute Gasteiger partial charge is 0.282 e. The maximum Gasteiger partial charge on any atom is 0.233 e. The van der Waals surface area contributed by atoms with Crippen LogP contribution in [0.5, 0.6) is 0 Å². The number of hydrogen-bond acceptors (Lipinski definition) is 4. The van der Waals surface area contributed by atoms with Crippen molar-refractivity contribution in [3.05, 3.63) is 42.5 Å². The number of nitrogens with zero attached hydrogens (tertiary/aromatic N) is 1. The van der Waals surface area contributed by atoms with Gasteiger partial charge >= 0.3 is 0 Å². The highest BCUT2D eigenvalue weighted by Gasteiger charge is 2.46. The molecule has 1 saturated heterocycles. The van der Waals surface area contributed by atoms with E-state index in [4.69, 9.17) is 0 Å². The number of fused-ring (bicyclic) bond motifs is 1. The van der Waals surface area contributed by atoms with Gasteiger partial charge in [0.15, 0.2) is 9.84 Å². The Morgan fingerprint density at radius 1 is 0.957 bits per heavy atom. The average molecular weight is 333 g/mol. The quantitative estimate of drug-likeness (QED) is 0.608. The van der Waals surface area contributed by atoms with E-state index in [2.05, 4.69) is 0 Å². The van der Waals surface area contributed by atoms with E-state index in [0.717, 1.165) is 0 Å². The maximum atomic E-state index is 12.3. The van der Waals surface area contributed by atoms with Gasteiger partial charge in [-0.1, -0.05) is 30.4 Å². The van der Waals surface area contributed by atoms with E-state index in [1.165, 1.54) is 4.90 Å². The number of rotatable bonds is 5. The van der Waals surface area contributed by atoms with Crippen molar-refractivity contribution >= 4 is 21.7 Å². The number of sulfone groups is 1. The SMILES string of the molecule is O=C1[C@H]2CC=CC[C@@H]2C(=O)N1CCCS(=O)(=O)c1ccccc1. The fraction of sp³-hybridized carbons (Fsp3) is 0.412. The summed E-state index contributed by atoms with van der Waals surface area (Å²) >= 11 is 0. The summed E-state index contributed by atoms with van der Waals surface area (Å²) in [5.74, 6) is -0.874. The van der Waals surface area contributed by atoms with Gasteiger partial charge in [0, 0.05) is 6.54 Å². The number of carbonyl (C=O) groups is 2. The highest BCUT2D eigenvalue weighted by atomic mass is 32.2. The zero-order chi connectivity index (χ0) is 16.4. The second kappa shape index (κ2) is 6.28. The number of carbonyl (C=O) groups excluding carboxylic acids is 2. The molecule has 0 unspecified atom stereocenters. The lowest BCUT2D eigenvalue weighted by molar-refractivity contribution is -0.139. The van der Waals surface area contributed by atoms with E-state index in [1.807, 2.05) is 12.2 Å². The molecular formula is C17H19NO4S. The molecular weight excluding hydrogens is 314 g/mol. The fourth-order valence-corrected chi connectivity index (χ4v) is 4.56. The molecule has 2 aliphatic rings. The Bertz CT molecular complexity index is 713. The Labute approximate surface area is 135 Å². The van der Waals surface area contributed by atoms with E-state index in [-0.39, 0.29) is 47.3 Å². The Hall–Kier alpha value is -1.95. The Balaban J connectivity index is 1.61. The van der Waals surface area contributed by atoms with Crippen molar-refractivity contribution in [2.45, 2.75) is 24.2 Å². The second-order valence-corrected chi connectivity index (χ2v) is 8.08. The molecule has 1 aromatic rings. The van der Waals surface area contributed by atoms with E-state index in [1.54, 1.807) is 30.3 Å². The van der Waals surface area contributed by atoms with Crippen molar-refractivity contribution in [1.29, 1.82) is 0 Å². The fourth-order valence-electron chi connectivity index (χ4n) is 3.25. The Morgan fingerprint density at radius 3 is 2.09 bits per heavy atom. The molecule has 1 fully saturated rings. The van der Waals surface area contributed by atoms with Crippen LogP contribution in [0.15, 0.2) is 47.4 Å². The van der Waals surface area contributed by atoms with E-state index < -0.39 is 9.84 Å². The zero-order valence-corrected chi connectivity index (χ0v) is 13.5. The molecule has 6 heteroatoms. The molecule has 23 heavy (non-hydrogen) atoms. The van der Waals surface area contributed by atoms with Gasteiger partial charge in [-0.25, -0.2) is 8.42 Å². The third-order valence-electron chi connectivity index (χ3n) is 4.50. The van der Waals surface area contributed by atoms with Crippen molar-refractivity contribution in [2.75, 3.05) is 12.3 Å². The van der Waals surface area contributed by atoms with Gasteiger partial charge in [0.2, 0.25) is 11.8 Å². The summed E-state index contributed by atoms with van der Waals surface area (Å²) in [6, 6.07) is 8.23. The van der Waals surface area contributed by atoms with Crippen LogP contribution in [0.3, 0.4) is 0 Å². The smallest absolute Gasteiger partial charge is 0.233 e. The highest BCUT2D eigenvalue weighted by molar-refractivity contribution is 7.91. The van der Waals surface area contributed by atoms with Crippen LogP contribution in [-0.2, 0) is 19.4 Å². The summed E-state index contributed by atoms with van der Waals surface area (Å²) in [5, 5.41) is 0. The minimum Gasteiger partial charge on any atom is -0.282 e. The molecule has 1 aliphatic heterocycles. The first-order valence-corrected chi connectivity index (χ1v) is 9.44. The van der Waals surface area contributed by atoms with E-state index in [0.29, 0.717) is 12.8 Å². The molecule has 5 nitrogen and oxygen atoms in total. The number of amides is 2. The molecule has 0 spiro atoms. The van der Waals surface area contributed by atoms with Gasteiger partial charge in [-0.05, 0) is 31.4 Å². The average Bonchev–Trinajstić information content (AvgIpc) is 2.81.